The lowest BCUT2D eigenvalue weighted by atomic mass is 10.00. The van der Waals surface area contributed by atoms with Gasteiger partial charge in [0.15, 0.2) is 0 Å². The Bertz CT molecular complexity index is 508. The number of nitrogens with zero attached hydrogens (tertiary/aromatic N) is 2. The summed E-state index contributed by atoms with van der Waals surface area (Å²) in [6.07, 6.45) is 4.22. The highest BCUT2D eigenvalue weighted by Gasteiger charge is 2.25. The van der Waals surface area contributed by atoms with Crippen LogP contribution in [0.1, 0.15) is 74.1 Å². The number of nitrogens with two attached hydrogens (primary N) is 1. The lowest BCUT2D eigenvalue weighted by molar-refractivity contribution is -0.131. The molecule has 2 aliphatic rings. The minimum atomic E-state index is 0.0733. The topological polar surface area (TPSA) is 90.7 Å². The van der Waals surface area contributed by atoms with E-state index < -0.39 is 0 Å². The number of nitrogens with one attached hydrogen (secondary N) is 2. The number of piperidine rings is 2. The molecular formula is C22H45N5O2. The van der Waals surface area contributed by atoms with Crippen molar-refractivity contribution < 1.29 is 9.59 Å². The number of rotatable bonds is 3. The number of carbonyl (C=O) groups excluding carboxylic acids is 2. The molecule has 2 saturated heterocycles. The molecule has 2 amide bonds. The first-order valence-corrected chi connectivity index (χ1v) is 11.1. The Labute approximate surface area is 178 Å². The largest absolute Gasteiger partial charge is 0.343 e. The predicted octanol–water partition coefficient (Wildman–Crippen LogP) is 1.71. The van der Waals surface area contributed by atoms with Gasteiger partial charge in [-0.2, -0.15) is 0 Å². The second-order valence-corrected chi connectivity index (χ2v) is 10.4. The van der Waals surface area contributed by atoms with E-state index in [9.17, 15) is 9.59 Å². The van der Waals surface area contributed by atoms with Crippen LogP contribution in [0, 0.1) is 0 Å². The summed E-state index contributed by atoms with van der Waals surface area (Å²) in [5.74, 6) is 0.281. The summed E-state index contributed by atoms with van der Waals surface area (Å²) in [5, 5.41) is 7.15. The summed E-state index contributed by atoms with van der Waals surface area (Å²) in [6, 6.07) is 1.11. The van der Waals surface area contributed by atoms with Crippen LogP contribution in [-0.4, -0.2) is 77.5 Å². The van der Waals surface area contributed by atoms with Crippen LogP contribution in [0.5, 0.6) is 0 Å². The summed E-state index contributed by atoms with van der Waals surface area (Å²) < 4.78 is 0. The van der Waals surface area contributed by atoms with E-state index in [-0.39, 0.29) is 29.4 Å². The normalized spacial score (nSPS) is 19.6. The summed E-state index contributed by atoms with van der Waals surface area (Å²) in [4.78, 5) is 26.2. The lowest BCUT2D eigenvalue weighted by Gasteiger charge is -2.36. The Morgan fingerprint density at radius 1 is 0.793 bits per heavy atom. The predicted molar refractivity (Wildman–Crippen MR) is 120 cm³/mol. The monoisotopic (exact) mass is 411 g/mol. The molecule has 2 fully saturated rings. The maximum absolute atomic E-state index is 11.3. The third-order valence-electron chi connectivity index (χ3n) is 5.24. The minimum absolute atomic E-state index is 0.0733. The van der Waals surface area contributed by atoms with Gasteiger partial charge in [0, 0.05) is 56.3 Å². The quantitative estimate of drug-likeness (QED) is 0.658. The van der Waals surface area contributed by atoms with Crippen molar-refractivity contribution in [1.82, 2.24) is 20.4 Å². The summed E-state index contributed by atoms with van der Waals surface area (Å²) in [7, 11) is 0. The SMILES string of the molecule is CC(=O)N1CCC(NC(C)(C)C)CC1.CC(C)(C)NC1CCN(C(=O)CN)CC1. The van der Waals surface area contributed by atoms with Crippen LogP contribution in [0.25, 0.3) is 0 Å². The maximum Gasteiger partial charge on any atom is 0.236 e. The van der Waals surface area contributed by atoms with Crippen LogP contribution in [-0.2, 0) is 9.59 Å². The third kappa shape index (κ3) is 11.0. The zero-order chi connectivity index (χ0) is 22.2. The minimum Gasteiger partial charge on any atom is -0.343 e. The molecule has 0 aromatic carbocycles. The van der Waals surface area contributed by atoms with E-state index in [0.29, 0.717) is 12.1 Å². The van der Waals surface area contributed by atoms with E-state index in [4.69, 9.17) is 5.73 Å². The van der Waals surface area contributed by atoms with Gasteiger partial charge in [-0.25, -0.2) is 0 Å². The molecule has 2 heterocycles. The van der Waals surface area contributed by atoms with Crippen LogP contribution < -0.4 is 16.4 Å². The van der Waals surface area contributed by atoms with Crippen molar-refractivity contribution in [1.29, 1.82) is 0 Å². The van der Waals surface area contributed by atoms with Crippen molar-refractivity contribution in [3.63, 3.8) is 0 Å². The van der Waals surface area contributed by atoms with Gasteiger partial charge in [-0.05, 0) is 67.2 Å². The van der Waals surface area contributed by atoms with Gasteiger partial charge >= 0.3 is 0 Å². The van der Waals surface area contributed by atoms with E-state index in [0.717, 1.165) is 51.9 Å². The molecule has 0 unspecified atom stereocenters. The molecule has 2 rings (SSSR count). The molecule has 2 aliphatic heterocycles. The number of likely N-dealkylation sites (tertiary alicyclic amines) is 2. The number of amides is 2. The fourth-order valence-electron chi connectivity index (χ4n) is 3.97. The van der Waals surface area contributed by atoms with Crippen molar-refractivity contribution in [2.75, 3.05) is 32.7 Å². The standard InChI is InChI=1S/C11H23N3O.C11H22N2O/c1-11(2,3)13-9-4-6-14(7-5-9)10(15)8-12;1-9(14)13-7-5-10(6-8-13)12-11(2,3)4/h9,13H,4-8,12H2,1-3H3;10,12H,5-8H2,1-4H3. The number of hydrogen-bond acceptors (Lipinski definition) is 5. The van der Waals surface area contributed by atoms with Crippen LogP contribution in [0.4, 0.5) is 0 Å². The van der Waals surface area contributed by atoms with Gasteiger partial charge in [0.25, 0.3) is 0 Å². The van der Waals surface area contributed by atoms with Crippen LogP contribution in [0.15, 0.2) is 0 Å². The number of hydrogen-bond donors (Lipinski definition) is 3. The highest BCUT2D eigenvalue weighted by atomic mass is 16.2. The molecule has 0 aliphatic carbocycles. The average Bonchev–Trinajstić information content (AvgIpc) is 2.60. The van der Waals surface area contributed by atoms with Gasteiger partial charge in [0.1, 0.15) is 0 Å². The lowest BCUT2D eigenvalue weighted by Crippen LogP contribution is -2.51. The van der Waals surface area contributed by atoms with E-state index >= 15 is 0 Å². The Morgan fingerprint density at radius 3 is 1.41 bits per heavy atom. The van der Waals surface area contributed by atoms with Crippen LogP contribution >= 0.6 is 0 Å². The highest BCUT2D eigenvalue weighted by molar-refractivity contribution is 5.78. The van der Waals surface area contributed by atoms with Crippen LogP contribution in [0.2, 0.25) is 0 Å². The first kappa shape index (κ1) is 25.9. The molecular weight excluding hydrogens is 366 g/mol. The van der Waals surface area contributed by atoms with Crippen molar-refractivity contribution >= 4 is 11.8 Å². The summed E-state index contributed by atoms with van der Waals surface area (Å²) in [6.45, 7) is 18.3. The van der Waals surface area contributed by atoms with Crippen molar-refractivity contribution in [3.05, 3.63) is 0 Å². The molecule has 0 aromatic rings. The molecule has 4 N–H and O–H groups in total. The second kappa shape index (κ2) is 11.3. The average molecular weight is 412 g/mol. The van der Waals surface area contributed by atoms with Gasteiger partial charge in [0.2, 0.25) is 11.8 Å². The molecule has 7 heteroatoms. The first-order chi connectivity index (χ1) is 13.3. The Morgan fingerprint density at radius 2 is 1.14 bits per heavy atom. The van der Waals surface area contributed by atoms with Gasteiger partial charge in [-0.3, -0.25) is 9.59 Å². The fourth-order valence-corrected chi connectivity index (χ4v) is 3.97. The number of carbonyl (C=O) groups is 2. The van der Waals surface area contributed by atoms with Gasteiger partial charge in [0.05, 0.1) is 6.54 Å². The van der Waals surface area contributed by atoms with E-state index in [1.54, 1.807) is 6.92 Å². The smallest absolute Gasteiger partial charge is 0.236 e. The molecule has 0 bridgehead atoms. The first-order valence-electron chi connectivity index (χ1n) is 11.1. The highest BCUT2D eigenvalue weighted by Crippen LogP contribution is 2.14. The zero-order valence-corrected chi connectivity index (χ0v) is 19.8. The van der Waals surface area contributed by atoms with Crippen molar-refractivity contribution in [2.24, 2.45) is 5.73 Å². The molecule has 0 radical (unpaired) electrons. The summed E-state index contributed by atoms with van der Waals surface area (Å²) in [5.41, 5.74) is 5.67. The molecule has 0 atom stereocenters. The second-order valence-electron chi connectivity index (χ2n) is 10.4. The van der Waals surface area contributed by atoms with Crippen LogP contribution in [0.3, 0.4) is 0 Å². The van der Waals surface area contributed by atoms with E-state index in [1.165, 1.54) is 0 Å². The molecule has 7 nitrogen and oxygen atoms in total. The zero-order valence-electron chi connectivity index (χ0n) is 19.8. The van der Waals surface area contributed by atoms with Gasteiger partial charge in [-0.15, -0.1) is 0 Å². The summed E-state index contributed by atoms with van der Waals surface area (Å²) >= 11 is 0. The Hall–Kier alpha value is -1.18. The molecule has 0 saturated carbocycles. The third-order valence-corrected chi connectivity index (χ3v) is 5.24. The fraction of sp³-hybridized carbons (Fsp3) is 0.909. The van der Waals surface area contributed by atoms with Crippen molar-refractivity contribution in [2.45, 2.75) is 97.3 Å². The Kier molecular flexibility index (Phi) is 10.1. The Balaban J connectivity index is 0.000000291. The van der Waals surface area contributed by atoms with E-state index in [2.05, 4.69) is 52.2 Å². The molecule has 0 aromatic heterocycles. The molecule has 0 spiro atoms. The van der Waals surface area contributed by atoms with Gasteiger partial charge in [-0.1, -0.05) is 0 Å². The maximum atomic E-state index is 11.3. The molecule has 29 heavy (non-hydrogen) atoms. The van der Waals surface area contributed by atoms with Crippen molar-refractivity contribution in [3.8, 4) is 0 Å². The van der Waals surface area contributed by atoms with Gasteiger partial charge < -0.3 is 26.2 Å². The molecule has 170 valence electrons. The van der Waals surface area contributed by atoms with E-state index in [1.807, 2.05) is 9.80 Å².